The van der Waals surface area contributed by atoms with E-state index in [-0.39, 0.29) is 0 Å². The molecule has 4 aliphatic carbocycles. The molecular weight excluding hydrogens is 302 g/mol. The molecule has 5 rings (SSSR count). The Morgan fingerprint density at radius 1 is 1.26 bits per heavy atom. The van der Waals surface area contributed by atoms with Crippen LogP contribution in [0.4, 0.5) is 0 Å². The Morgan fingerprint density at radius 3 is 2.32 bits per heavy atom. The lowest BCUT2D eigenvalue weighted by atomic mass is 9.49. The molecule has 4 fully saturated rings. The predicted octanol–water partition coefficient (Wildman–Crippen LogP) is 3.95. The average Bonchev–Trinajstić information content (AvgIpc) is 2.74. The van der Waals surface area contributed by atoms with Crippen LogP contribution in [0.15, 0.2) is 6.20 Å². The van der Waals surface area contributed by atoms with Crippen LogP contribution in [0.2, 0.25) is 0 Å². The summed E-state index contributed by atoms with van der Waals surface area (Å²) in [4.78, 5) is 0.303. The van der Waals surface area contributed by atoms with Crippen LogP contribution in [-0.2, 0) is 6.54 Å². The summed E-state index contributed by atoms with van der Waals surface area (Å²) in [5.74, 6) is 3.05. The zero-order valence-electron chi connectivity index (χ0n) is 11.6. The second-order valence-corrected chi connectivity index (χ2v) is 8.75. The van der Waals surface area contributed by atoms with Crippen molar-refractivity contribution in [2.45, 2.75) is 56.8 Å². The zero-order chi connectivity index (χ0) is 13.0. The molecule has 0 saturated heterocycles. The maximum absolute atomic E-state index is 4.35. The van der Waals surface area contributed by atoms with Gasteiger partial charge in [-0.2, -0.15) is 0 Å². The molecule has 4 saturated carbocycles. The lowest BCUT2D eigenvalue weighted by Crippen LogP contribution is -2.48. The molecule has 0 aromatic carbocycles. The van der Waals surface area contributed by atoms with E-state index in [0.29, 0.717) is 10.2 Å². The largest absolute Gasteiger partial charge is 0.252 e. The Morgan fingerprint density at radius 2 is 1.84 bits per heavy atom. The highest BCUT2D eigenvalue weighted by Crippen LogP contribution is 2.60. The van der Waals surface area contributed by atoms with Gasteiger partial charge in [-0.05, 0) is 68.6 Å². The molecule has 1 aromatic rings. The molecule has 0 amide bonds. The number of alkyl halides is 1. The molecule has 0 aliphatic heterocycles. The van der Waals surface area contributed by atoms with Gasteiger partial charge in [-0.3, -0.25) is 4.68 Å². The third-order valence-corrected chi connectivity index (χ3v) is 6.10. The zero-order valence-corrected chi connectivity index (χ0v) is 13.1. The molecule has 4 aliphatic rings. The molecule has 104 valence electrons. The fraction of sp³-hybridized carbons (Fsp3) is 0.867. The molecule has 1 heterocycles. The van der Waals surface area contributed by atoms with E-state index in [4.69, 9.17) is 0 Å². The van der Waals surface area contributed by atoms with Gasteiger partial charge >= 0.3 is 0 Å². The number of rotatable bonds is 3. The van der Waals surface area contributed by atoms with Crippen LogP contribution in [0, 0.1) is 23.2 Å². The van der Waals surface area contributed by atoms with Crippen molar-refractivity contribution in [3.63, 3.8) is 0 Å². The lowest BCUT2D eigenvalue weighted by molar-refractivity contribution is -0.0637. The topological polar surface area (TPSA) is 30.7 Å². The van der Waals surface area contributed by atoms with Gasteiger partial charge in [-0.25, -0.2) is 0 Å². The molecule has 0 spiro atoms. The predicted molar refractivity (Wildman–Crippen MR) is 78.0 cm³/mol. The summed E-state index contributed by atoms with van der Waals surface area (Å²) in [5.41, 5.74) is 1.61. The molecule has 0 radical (unpaired) electrons. The van der Waals surface area contributed by atoms with E-state index in [1.165, 1.54) is 38.5 Å². The van der Waals surface area contributed by atoms with Gasteiger partial charge in [-0.15, -0.1) is 5.10 Å². The fourth-order valence-electron chi connectivity index (χ4n) is 5.40. The van der Waals surface area contributed by atoms with E-state index in [0.717, 1.165) is 30.0 Å². The summed E-state index contributed by atoms with van der Waals surface area (Å²) >= 11 is 3.57. The van der Waals surface area contributed by atoms with E-state index in [1.807, 2.05) is 0 Å². The van der Waals surface area contributed by atoms with Crippen LogP contribution in [0.1, 0.15) is 56.0 Å². The van der Waals surface area contributed by atoms with Gasteiger partial charge in [0.15, 0.2) is 0 Å². The maximum Gasteiger partial charge on any atom is 0.0960 e. The second kappa shape index (κ2) is 4.31. The first-order valence-electron chi connectivity index (χ1n) is 7.66. The van der Waals surface area contributed by atoms with Crippen molar-refractivity contribution in [1.82, 2.24) is 15.0 Å². The highest BCUT2D eigenvalue weighted by atomic mass is 79.9. The summed E-state index contributed by atoms with van der Waals surface area (Å²) in [6.45, 7) is 3.21. The fourth-order valence-corrected chi connectivity index (χ4v) is 5.61. The van der Waals surface area contributed by atoms with Gasteiger partial charge in [0.2, 0.25) is 0 Å². The van der Waals surface area contributed by atoms with Gasteiger partial charge < -0.3 is 0 Å². The average molecular weight is 324 g/mol. The lowest BCUT2D eigenvalue weighted by Gasteiger charge is -2.56. The number of aromatic nitrogens is 3. The van der Waals surface area contributed by atoms with E-state index in [1.54, 1.807) is 0 Å². The maximum atomic E-state index is 4.35. The summed E-state index contributed by atoms with van der Waals surface area (Å²) in [6, 6.07) is 0. The molecule has 0 N–H and O–H groups in total. The van der Waals surface area contributed by atoms with Gasteiger partial charge in [0.05, 0.1) is 10.5 Å². The van der Waals surface area contributed by atoms with Gasteiger partial charge in [0.25, 0.3) is 0 Å². The second-order valence-electron chi connectivity index (χ2n) is 7.37. The number of nitrogens with zero attached hydrogens (tertiary/aromatic N) is 3. The van der Waals surface area contributed by atoms with Crippen molar-refractivity contribution < 1.29 is 0 Å². The molecule has 1 aromatic heterocycles. The number of hydrogen-bond donors (Lipinski definition) is 0. The van der Waals surface area contributed by atoms with Crippen molar-refractivity contribution >= 4 is 15.9 Å². The number of hydrogen-bond acceptors (Lipinski definition) is 2. The van der Waals surface area contributed by atoms with Crippen LogP contribution < -0.4 is 0 Å². The molecule has 1 atom stereocenters. The SMILES string of the molecule is CC(Br)c1cn(CC23CC4CC(CC(C4)C2)C3)nn1. The normalized spacial score (nSPS) is 41.7. The molecular formula is C15H22BrN3. The Labute approximate surface area is 123 Å². The van der Waals surface area contributed by atoms with Gasteiger partial charge in [0.1, 0.15) is 0 Å². The monoisotopic (exact) mass is 323 g/mol. The summed E-state index contributed by atoms with van der Waals surface area (Å²) in [7, 11) is 0. The van der Waals surface area contributed by atoms with Gasteiger partial charge in [0, 0.05) is 12.7 Å². The summed E-state index contributed by atoms with van der Waals surface area (Å²) in [6.07, 6.45) is 11.0. The minimum Gasteiger partial charge on any atom is -0.252 e. The molecule has 4 heteroatoms. The molecule has 1 unspecified atom stereocenters. The quantitative estimate of drug-likeness (QED) is 0.788. The Kier molecular flexibility index (Phi) is 2.80. The third-order valence-electron chi connectivity index (χ3n) is 5.63. The Hall–Kier alpha value is -0.380. The minimum atomic E-state index is 0.303. The number of halogens is 1. The van der Waals surface area contributed by atoms with E-state index in [2.05, 4.69) is 44.0 Å². The first kappa shape index (κ1) is 12.4. The van der Waals surface area contributed by atoms with E-state index < -0.39 is 0 Å². The molecule has 3 nitrogen and oxygen atoms in total. The van der Waals surface area contributed by atoms with E-state index in [9.17, 15) is 0 Å². The van der Waals surface area contributed by atoms with Crippen LogP contribution in [0.3, 0.4) is 0 Å². The first-order chi connectivity index (χ1) is 9.12. The van der Waals surface area contributed by atoms with Crippen molar-refractivity contribution in [2.75, 3.05) is 0 Å². The van der Waals surface area contributed by atoms with Gasteiger partial charge in [-0.1, -0.05) is 21.1 Å². The van der Waals surface area contributed by atoms with Crippen LogP contribution in [-0.4, -0.2) is 15.0 Å². The summed E-state index contributed by atoms with van der Waals surface area (Å²) in [5, 5.41) is 8.63. The van der Waals surface area contributed by atoms with Crippen molar-refractivity contribution in [3.8, 4) is 0 Å². The van der Waals surface area contributed by atoms with E-state index >= 15 is 0 Å². The molecule has 4 bridgehead atoms. The van der Waals surface area contributed by atoms with Crippen molar-refractivity contribution in [2.24, 2.45) is 23.2 Å². The van der Waals surface area contributed by atoms with Crippen molar-refractivity contribution in [3.05, 3.63) is 11.9 Å². The standard InChI is InChI=1S/C15H22BrN3/c1-10(16)14-8-19(18-17-14)9-15-5-11-2-12(6-15)4-13(3-11)7-15/h8,10-13H,2-7,9H2,1H3. The minimum absolute atomic E-state index is 0.303. The third kappa shape index (κ3) is 2.16. The Balaban J connectivity index is 1.55. The highest BCUT2D eigenvalue weighted by Gasteiger charge is 2.51. The Bertz CT molecular complexity index is 444. The van der Waals surface area contributed by atoms with Crippen LogP contribution in [0.5, 0.6) is 0 Å². The van der Waals surface area contributed by atoms with Crippen LogP contribution in [0.25, 0.3) is 0 Å². The summed E-state index contributed by atoms with van der Waals surface area (Å²) < 4.78 is 2.11. The first-order valence-corrected chi connectivity index (χ1v) is 8.58. The highest BCUT2D eigenvalue weighted by molar-refractivity contribution is 9.09. The smallest absolute Gasteiger partial charge is 0.0960 e. The molecule has 19 heavy (non-hydrogen) atoms. The van der Waals surface area contributed by atoms with Crippen molar-refractivity contribution in [1.29, 1.82) is 0 Å². The van der Waals surface area contributed by atoms with Crippen LogP contribution >= 0.6 is 15.9 Å².